The Kier molecular flexibility index (Phi) is 3.53. The molecule has 0 fully saturated rings. The number of carbonyl (C=O) groups is 1. The maximum absolute atomic E-state index is 11.2. The summed E-state index contributed by atoms with van der Waals surface area (Å²) in [6.45, 7) is 5.10. The van der Waals surface area contributed by atoms with E-state index in [2.05, 4.69) is 22.0 Å². The van der Waals surface area contributed by atoms with Crippen molar-refractivity contribution in [2.45, 2.75) is 26.8 Å². The number of carboxylic acids is 1. The number of hydrogen-bond donors (Lipinski definition) is 1. The highest BCUT2D eigenvalue weighted by molar-refractivity contribution is 9.10. The number of carboxylic acid groups (broad SMARTS) is 1. The van der Waals surface area contributed by atoms with E-state index in [1.54, 1.807) is 6.07 Å². The number of hydrogen-bond acceptors (Lipinski definition) is 2. The Labute approximate surface area is 131 Å². The van der Waals surface area contributed by atoms with Crippen LogP contribution < -0.4 is 4.74 Å². The largest absolute Gasteiger partial charge is 0.493 e. The highest BCUT2D eigenvalue weighted by Crippen LogP contribution is 2.34. The molecule has 4 nitrogen and oxygen atoms in total. The molecule has 110 valence electrons. The zero-order valence-corrected chi connectivity index (χ0v) is 13.5. The van der Waals surface area contributed by atoms with Gasteiger partial charge in [-0.05, 0) is 37.6 Å². The fourth-order valence-electron chi connectivity index (χ4n) is 2.89. The lowest BCUT2D eigenvalue weighted by molar-refractivity contribution is 0.0696. The number of benzene rings is 1. The molecule has 1 aromatic carbocycles. The Bertz CT molecular complexity index is 734. The lowest BCUT2D eigenvalue weighted by atomic mass is 10.1. The Morgan fingerprint density at radius 2 is 2.14 bits per heavy atom. The molecule has 0 atom stereocenters. The topological polar surface area (TPSA) is 51.5 Å². The summed E-state index contributed by atoms with van der Waals surface area (Å²) in [5.41, 5.74) is 4.36. The maximum atomic E-state index is 11.2. The first-order valence-corrected chi connectivity index (χ1v) is 7.61. The van der Waals surface area contributed by atoms with Gasteiger partial charge >= 0.3 is 5.97 Å². The molecule has 2 aromatic rings. The molecular weight excluding hydrogens is 334 g/mol. The van der Waals surface area contributed by atoms with Crippen molar-refractivity contribution in [1.29, 1.82) is 0 Å². The smallest absolute Gasteiger partial charge is 0.337 e. The van der Waals surface area contributed by atoms with E-state index in [1.165, 1.54) is 5.56 Å². The van der Waals surface area contributed by atoms with Crippen LogP contribution in [0.25, 0.3) is 0 Å². The minimum atomic E-state index is -0.884. The SMILES string of the molecule is Cc1cc(C(=O)O)c(C)n1Cc1cc(Br)cc2c1OCC2. The Balaban J connectivity index is 2.04. The standard InChI is InChI=1S/C16H16BrNO3/c1-9-5-14(16(19)20)10(2)18(9)8-12-7-13(17)6-11-3-4-21-15(11)12/h5-7H,3-4,8H2,1-2H3,(H,19,20). The summed E-state index contributed by atoms with van der Waals surface area (Å²) in [5, 5.41) is 9.22. The molecule has 0 saturated carbocycles. The predicted octanol–water partition coefficient (Wildman–Crippen LogP) is 3.55. The van der Waals surface area contributed by atoms with Crippen LogP contribution in [0.5, 0.6) is 5.75 Å². The second-order valence-electron chi connectivity index (χ2n) is 5.33. The average molecular weight is 350 g/mol. The molecule has 1 N–H and O–H groups in total. The van der Waals surface area contributed by atoms with Gasteiger partial charge in [-0.15, -0.1) is 0 Å². The van der Waals surface area contributed by atoms with Gasteiger partial charge in [-0.3, -0.25) is 0 Å². The van der Waals surface area contributed by atoms with Crippen molar-refractivity contribution in [3.8, 4) is 5.75 Å². The zero-order valence-electron chi connectivity index (χ0n) is 11.9. The molecule has 21 heavy (non-hydrogen) atoms. The molecule has 0 amide bonds. The molecule has 2 heterocycles. The van der Waals surface area contributed by atoms with Crippen LogP contribution in [0, 0.1) is 13.8 Å². The van der Waals surface area contributed by atoms with Crippen molar-refractivity contribution in [2.75, 3.05) is 6.61 Å². The first kappa shape index (κ1) is 14.2. The summed E-state index contributed by atoms with van der Waals surface area (Å²) >= 11 is 3.54. The van der Waals surface area contributed by atoms with Crippen molar-refractivity contribution in [3.63, 3.8) is 0 Å². The second-order valence-corrected chi connectivity index (χ2v) is 6.24. The summed E-state index contributed by atoms with van der Waals surface area (Å²) in [6, 6.07) is 5.85. The highest BCUT2D eigenvalue weighted by atomic mass is 79.9. The highest BCUT2D eigenvalue weighted by Gasteiger charge is 2.20. The lowest BCUT2D eigenvalue weighted by Crippen LogP contribution is -2.07. The van der Waals surface area contributed by atoms with Gasteiger partial charge < -0.3 is 14.4 Å². The lowest BCUT2D eigenvalue weighted by Gasteiger charge is -2.13. The van der Waals surface area contributed by atoms with Crippen LogP contribution in [0.15, 0.2) is 22.7 Å². The summed E-state index contributed by atoms with van der Waals surface area (Å²) in [4.78, 5) is 11.2. The molecule has 3 rings (SSSR count). The number of nitrogens with zero attached hydrogens (tertiary/aromatic N) is 1. The molecule has 5 heteroatoms. The Morgan fingerprint density at radius 1 is 1.38 bits per heavy atom. The molecule has 1 aromatic heterocycles. The molecule has 0 spiro atoms. The van der Waals surface area contributed by atoms with E-state index in [0.29, 0.717) is 18.7 Å². The van der Waals surface area contributed by atoms with Gasteiger partial charge in [-0.2, -0.15) is 0 Å². The predicted molar refractivity (Wildman–Crippen MR) is 83.3 cm³/mol. The van der Waals surface area contributed by atoms with Crippen LogP contribution in [0.4, 0.5) is 0 Å². The van der Waals surface area contributed by atoms with Gasteiger partial charge in [0.05, 0.1) is 18.7 Å². The van der Waals surface area contributed by atoms with E-state index in [1.807, 2.05) is 24.5 Å². The fourth-order valence-corrected chi connectivity index (χ4v) is 3.45. The van der Waals surface area contributed by atoms with Gasteiger partial charge in [0, 0.05) is 27.8 Å². The van der Waals surface area contributed by atoms with Crippen molar-refractivity contribution in [2.24, 2.45) is 0 Å². The quantitative estimate of drug-likeness (QED) is 0.921. The van der Waals surface area contributed by atoms with Crippen LogP contribution >= 0.6 is 15.9 Å². The van der Waals surface area contributed by atoms with Crippen LogP contribution in [0.1, 0.15) is 32.9 Å². The van der Waals surface area contributed by atoms with E-state index in [9.17, 15) is 9.90 Å². The normalized spacial score (nSPS) is 13.1. The number of ether oxygens (including phenoxy) is 1. The molecule has 0 bridgehead atoms. The Hall–Kier alpha value is -1.75. The third-order valence-electron chi connectivity index (χ3n) is 3.96. The average Bonchev–Trinajstić information content (AvgIpc) is 2.97. The first-order valence-electron chi connectivity index (χ1n) is 6.81. The number of halogens is 1. The second kappa shape index (κ2) is 5.22. The number of rotatable bonds is 3. The van der Waals surface area contributed by atoms with Gasteiger partial charge in [0.25, 0.3) is 0 Å². The molecule has 0 saturated heterocycles. The molecule has 1 aliphatic rings. The molecule has 0 aliphatic carbocycles. The van der Waals surface area contributed by atoms with Crippen molar-refractivity contribution < 1.29 is 14.6 Å². The number of fused-ring (bicyclic) bond motifs is 1. The Morgan fingerprint density at radius 3 is 2.81 bits per heavy atom. The summed E-state index contributed by atoms with van der Waals surface area (Å²) in [6.07, 6.45) is 0.922. The van der Waals surface area contributed by atoms with Gasteiger partial charge in [-0.25, -0.2) is 4.79 Å². The number of aromatic nitrogens is 1. The van der Waals surface area contributed by atoms with E-state index in [-0.39, 0.29) is 0 Å². The number of aromatic carboxylic acids is 1. The fraction of sp³-hybridized carbons (Fsp3) is 0.312. The van der Waals surface area contributed by atoms with E-state index < -0.39 is 5.97 Å². The van der Waals surface area contributed by atoms with E-state index in [4.69, 9.17) is 4.74 Å². The third-order valence-corrected chi connectivity index (χ3v) is 4.42. The summed E-state index contributed by atoms with van der Waals surface area (Å²) in [7, 11) is 0. The van der Waals surface area contributed by atoms with Gasteiger partial charge in [0.15, 0.2) is 0 Å². The maximum Gasteiger partial charge on any atom is 0.337 e. The molecular formula is C16H16BrNO3. The summed E-state index contributed by atoms with van der Waals surface area (Å²) in [5.74, 6) is 0.0626. The molecule has 1 aliphatic heterocycles. The van der Waals surface area contributed by atoms with Gasteiger partial charge in [0.2, 0.25) is 0 Å². The first-order chi connectivity index (χ1) is 9.97. The van der Waals surface area contributed by atoms with Crippen LogP contribution in [-0.2, 0) is 13.0 Å². The van der Waals surface area contributed by atoms with Crippen LogP contribution in [0.3, 0.4) is 0 Å². The van der Waals surface area contributed by atoms with Crippen LogP contribution in [0.2, 0.25) is 0 Å². The third kappa shape index (κ3) is 2.46. The van der Waals surface area contributed by atoms with Crippen LogP contribution in [-0.4, -0.2) is 22.2 Å². The van der Waals surface area contributed by atoms with Crippen molar-refractivity contribution in [1.82, 2.24) is 4.57 Å². The monoisotopic (exact) mass is 349 g/mol. The minimum Gasteiger partial charge on any atom is -0.493 e. The molecule has 0 radical (unpaired) electrons. The van der Waals surface area contributed by atoms with Crippen molar-refractivity contribution >= 4 is 21.9 Å². The van der Waals surface area contributed by atoms with E-state index in [0.717, 1.165) is 33.6 Å². The summed E-state index contributed by atoms with van der Waals surface area (Å²) < 4.78 is 8.79. The number of aryl methyl sites for hydroxylation is 1. The van der Waals surface area contributed by atoms with Crippen molar-refractivity contribution in [3.05, 3.63) is 50.8 Å². The minimum absolute atomic E-state index is 0.361. The van der Waals surface area contributed by atoms with Gasteiger partial charge in [0.1, 0.15) is 5.75 Å². The zero-order chi connectivity index (χ0) is 15.1. The van der Waals surface area contributed by atoms with Gasteiger partial charge in [-0.1, -0.05) is 15.9 Å². The van der Waals surface area contributed by atoms with E-state index >= 15 is 0 Å². The molecule has 0 unspecified atom stereocenters.